The number of rotatable bonds is 4. The Labute approximate surface area is 134 Å². The fourth-order valence-corrected chi connectivity index (χ4v) is 3.78. The molecule has 1 N–H and O–H groups in total. The first kappa shape index (κ1) is 14.3. The molecule has 2 aromatic heterocycles. The molecule has 0 saturated carbocycles. The summed E-state index contributed by atoms with van der Waals surface area (Å²) in [4.78, 5) is 17.4. The van der Waals surface area contributed by atoms with Gasteiger partial charge in [-0.15, -0.1) is 11.3 Å². The molecule has 0 aliphatic carbocycles. The van der Waals surface area contributed by atoms with Crippen molar-refractivity contribution in [1.82, 2.24) is 4.98 Å². The normalized spacial score (nSPS) is 10.8. The topological polar surface area (TPSA) is 51.2 Å². The maximum Gasteiger partial charge on any atom is 0.231 e. The van der Waals surface area contributed by atoms with Crippen LogP contribution in [0.25, 0.3) is 10.2 Å². The molecule has 1 amide bonds. The minimum Gasteiger partial charge on any atom is -0.494 e. The molecule has 0 radical (unpaired) electrons. The zero-order valence-corrected chi connectivity index (χ0v) is 13.4. The SMILES string of the molecule is COc1ccc(Cl)c2sc(NC(=O)Cc3cccs3)nc12. The highest BCUT2D eigenvalue weighted by Gasteiger charge is 2.14. The smallest absolute Gasteiger partial charge is 0.231 e. The number of carbonyl (C=O) groups is 1. The maximum absolute atomic E-state index is 12.0. The number of aromatic nitrogens is 1. The number of hydrogen-bond donors (Lipinski definition) is 1. The fraction of sp³-hybridized carbons (Fsp3) is 0.143. The van der Waals surface area contributed by atoms with Gasteiger partial charge in [0.2, 0.25) is 5.91 Å². The Kier molecular flexibility index (Phi) is 4.10. The minimum absolute atomic E-state index is 0.0911. The summed E-state index contributed by atoms with van der Waals surface area (Å²) in [5.41, 5.74) is 0.668. The predicted octanol–water partition coefficient (Wildman–Crippen LogP) is 4.20. The molecule has 0 aliphatic rings. The maximum atomic E-state index is 12.0. The van der Waals surface area contributed by atoms with Gasteiger partial charge in [0.05, 0.1) is 23.3 Å². The first-order valence-corrected chi connectivity index (χ1v) is 8.20. The van der Waals surface area contributed by atoms with Gasteiger partial charge in [-0.3, -0.25) is 4.79 Å². The predicted molar refractivity (Wildman–Crippen MR) is 87.8 cm³/mol. The summed E-state index contributed by atoms with van der Waals surface area (Å²) in [6, 6.07) is 7.39. The number of nitrogens with zero attached hydrogens (tertiary/aromatic N) is 1. The van der Waals surface area contributed by atoms with Gasteiger partial charge in [0.25, 0.3) is 0 Å². The number of hydrogen-bond acceptors (Lipinski definition) is 5. The van der Waals surface area contributed by atoms with Gasteiger partial charge in [-0.1, -0.05) is 29.0 Å². The van der Waals surface area contributed by atoms with E-state index in [1.54, 1.807) is 30.6 Å². The molecule has 0 atom stereocenters. The van der Waals surface area contributed by atoms with Crippen molar-refractivity contribution in [3.8, 4) is 5.75 Å². The monoisotopic (exact) mass is 338 g/mol. The second kappa shape index (κ2) is 6.01. The number of anilines is 1. The van der Waals surface area contributed by atoms with Gasteiger partial charge in [0, 0.05) is 4.88 Å². The molecule has 3 aromatic rings. The van der Waals surface area contributed by atoms with Crippen molar-refractivity contribution in [3.05, 3.63) is 39.5 Å². The largest absolute Gasteiger partial charge is 0.494 e. The number of halogens is 1. The fourth-order valence-electron chi connectivity index (χ4n) is 1.91. The summed E-state index contributed by atoms with van der Waals surface area (Å²) in [6.07, 6.45) is 0.346. The number of nitrogens with one attached hydrogen (secondary N) is 1. The molecule has 0 bridgehead atoms. The van der Waals surface area contributed by atoms with Crippen LogP contribution in [0.1, 0.15) is 4.88 Å². The number of thiazole rings is 1. The lowest BCUT2D eigenvalue weighted by Gasteiger charge is -2.00. The van der Waals surface area contributed by atoms with E-state index in [1.807, 2.05) is 17.5 Å². The molecular weight excluding hydrogens is 328 g/mol. The van der Waals surface area contributed by atoms with Crippen LogP contribution in [0.3, 0.4) is 0 Å². The molecule has 0 fully saturated rings. The molecule has 0 aliphatic heterocycles. The number of thiophene rings is 1. The van der Waals surface area contributed by atoms with E-state index in [9.17, 15) is 4.79 Å². The lowest BCUT2D eigenvalue weighted by Crippen LogP contribution is -2.13. The number of fused-ring (bicyclic) bond motifs is 1. The molecule has 1 aromatic carbocycles. The minimum atomic E-state index is -0.0911. The highest BCUT2D eigenvalue weighted by Crippen LogP contribution is 2.37. The third-order valence-corrected chi connectivity index (χ3v) is 5.15. The molecule has 0 saturated heterocycles. The van der Waals surface area contributed by atoms with Crippen LogP contribution in [0.4, 0.5) is 5.13 Å². The van der Waals surface area contributed by atoms with Gasteiger partial charge in [-0.2, -0.15) is 0 Å². The Morgan fingerprint density at radius 1 is 1.43 bits per heavy atom. The van der Waals surface area contributed by atoms with E-state index in [-0.39, 0.29) is 5.91 Å². The number of benzene rings is 1. The van der Waals surface area contributed by atoms with Gasteiger partial charge in [0.15, 0.2) is 5.13 Å². The van der Waals surface area contributed by atoms with E-state index < -0.39 is 0 Å². The third-order valence-electron chi connectivity index (χ3n) is 2.84. The Hall–Kier alpha value is -1.63. The average Bonchev–Trinajstić information content (AvgIpc) is 3.09. The zero-order valence-electron chi connectivity index (χ0n) is 11.1. The van der Waals surface area contributed by atoms with Crippen molar-refractivity contribution in [2.24, 2.45) is 0 Å². The molecule has 3 rings (SSSR count). The number of amides is 1. The number of ether oxygens (including phenoxy) is 1. The first-order valence-electron chi connectivity index (χ1n) is 6.12. The van der Waals surface area contributed by atoms with Gasteiger partial charge in [0.1, 0.15) is 11.3 Å². The van der Waals surface area contributed by atoms with Crippen LogP contribution in [0, 0.1) is 0 Å². The second-order valence-corrected chi connectivity index (χ2v) is 6.69. The van der Waals surface area contributed by atoms with Crippen LogP contribution in [0.15, 0.2) is 29.6 Å². The molecule has 2 heterocycles. The quantitative estimate of drug-likeness (QED) is 0.775. The van der Waals surface area contributed by atoms with Gasteiger partial charge in [-0.05, 0) is 23.6 Å². The lowest BCUT2D eigenvalue weighted by atomic mass is 10.3. The standard InChI is InChI=1S/C14H11ClN2O2S2/c1-19-10-5-4-9(15)13-12(10)17-14(21-13)16-11(18)7-8-3-2-6-20-8/h2-6H,7H2,1H3,(H,16,17,18). The van der Waals surface area contributed by atoms with Crippen molar-refractivity contribution in [2.45, 2.75) is 6.42 Å². The van der Waals surface area contributed by atoms with Crippen LogP contribution >= 0.6 is 34.3 Å². The van der Waals surface area contributed by atoms with Crippen LogP contribution in [0.2, 0.25) is 5.02 Å². The highest BCUT2D eigenvalue weighted by molar-refractivity contribution is 7.23. The van der Waals surface area contributed by atoms with Crippen molar-refractivity contribution in [1.29, 1.82) is 0 Å². The Bertz CT molecular complexity index is 784. The second-order valence-electron chi connectivity index (χ2n) is 4.25. The van der Waals surface area contributed by atoms with E-state index >= 15 is 0 Å². The van der Waals surface area contributed by atoms with Crippen LogP contribution in [-0.2, 0) is 11.2 Å². The molecular formula is C14H11ClN2O2S2. The van der Waals surface area contributed by atoms with E-state index in [1.165, 1.54) is 11.3 Å². The molecule has 108 valence electrons. The van der Waals surface area contributed by atoms with E-state index in [2.05, 4.69) is 10.3 Å². The highest BCUT2D eigenvalue weighted by atomic mass is 35.5. The van der Waals surface area contributed by atoms with Crippen LogP contribution < -0.4 is 10.1 Å². The van der Waals surface area contributed by atoms with E-state index in [4.69, 9.17) is 16.3 Å². The lowest BCUT2D eigenvalue weighted by molar-refractivity contribution is -0.115. The molecule has 0 spiro atoms. The Morgan fingerprint density at radius 2 is 2.29 bits per heavy atom. The molecule has 7 heteroatoms. The summed E-state index contributed by atoms with van der Waals surface area (Å²) in [5.74, 6) is 0.552. The van der Waals surface area contributed by atoms with Crippen molar-refractivity contribution in [3.63, 3.8) is 0 Å². The summed E-state index contributed by atoms with van der Waals surface area (Å²) in [5, 5.41) is 5.88. The number of carbonyl (C=O) groups excluding carboxylic acids is 1. The Morgan fingerprint density at radius 3 is 3.00 bits per heavy atom. The number of methoxy groups -OCH3 is 1. The van der Waals surface area contributed by atoms with Gasteiger partial charge >= 0.3 is 0 Å². The molecule has 0 unspecified atom stereocenters. The van der Waals surface area contributed by atoms with E-state index in [0.717, 1.165) is 9.58 Å². The van der Waals surface area contributed by atoms with Crippen molar-refractivity contribution >= 4 is 55.5 Å². The molecule has 21 heavy (non-hydrogen) atoms. The van der Waals surface area contributed by atoms with Crippen LogP contribution in [0.5, 0.6) is 5.75 Å². The van der Waals surface area contributed by atoms with Gasteiger partial charge < -0.3 is 10.1 Å². The van der Waals surface area contributed by atoms with Crippen molar-refractivity contribution in [2.75, 3.05) is 12.4 Å². The summed E-state index contributed by atoms with van der Waals surface area (Å²) in [7, 11) is 1.58. The van der Waals surface area contributed by atoms with Crippen molar-refractivity contribution < 1.29 is 9.53 Å². The van der Waals surface area contributed by atoms with Crippen LogP contribution in [-0.4, -0.2) is 18.0 Å². The summed E-state index contributed by atoms with van der Waals surface area (Å²) in [6.45, 7) is 0. The molecule has 4 nitrogen and oxygen atoms in total. The first-order chi connectivity index (χ1) is 10.2. The summed E-state index contributed by atoms with van der Waals surface area (Å²) >= 11 is 9.05. The van der Waals surface area contributed by atoms with Gasteiger partial charge in [-0.25, -0.2) is 4.98 Å². The van der Waals surface area contributed by atoms with E-state index in [0.29, 0.717) is 27.8 Å². The zero-order chi connectivity index (χ0) is 14.8. The third kappa shape index (κ3) is 3.02. The summed E-state index contributed by atoms with van der Waals surface area (Å²) < 4.78 is 6.07. The average molecular weight is 339 g/mol. The Balaban J connectivity index is 1.84.